The molecule has 1 aliphatic heterocycles. The summed E-state index contributed by atoms with van der Waals surface area (Å²) in [7, 11) is 0. The fraction of sp³-hybridized carbons (Fsp3) is 0.364. The second-order valence-corrected chi connectivity index (χ2v) is 8.17. The van der Waals surface area contributed by atoms with Gasteiger partial charge >= 0.3 is 11.8 Å². The van der Waals surface area contributed by atoms with Crippen LogP contribution in [0, 0.1) is 11.6 Å². The summed E-state index contributed by atoms with van der Waals surface area (Å²) in [4.78, 5) is 26.4. The number of nitrogens with zero attached hydrogens (tertiary/aromatic N) is 1. The average molecular weight is 417 g/mol. The van der Waals surface area contributed by atoms with Crippen LogP contribution in [0.1, 0.15) is 27.2 Å². The van der Waals surface area contributed by atoms with Crippen molar-refractivity contribution in [3.05, 3.63) is 54.1 Å². The largest absolute Gasteiger partial charge is 0.486 e. The topological polar surface area (TPSA) is 70.7 Å². The van der Waals surface area contributed by atoms with Gasteiger partial charge in [0.05, 0.1) is 11.4 Å². The first kappa shape index (κ1) is 21.5. The molecule has 1 fully saturated rings. The number of halogens is 2. The molecular formula is C22H25F2N3O3. The van der Waals surface area contributed by atoms with E-state index < -0.39 is 29.0 Å². The van der Waals surface area contributed by atoms with Crippen LogP contribution in [-0.2, 0) is 9.59 Å². The SMILES string of the molecule is CC(C)(C)Oc1ccccc1NC(=O)C(=O)NC1CCN(c2ccc(F)cc2F)C1. The van der Waals surface area contributed by atoms with Crippen LogP contribution in [0.4, 0.5) is 20.2 Å². The van der Waals surface area contributed by atoms with Crippen molar-refractivity contribution in [2.45, 2.75) is 38.8 Å². The molecule has 0 spiro atoms. The van der Waals surface area contributed by atoms with Crippen LogP contribution in [0.2, 0.25) is 0 Å². The van der Waals surface area contributed by atoms with E-state index in [1.807, 2.05) is 20.8 Å². The second kappa shape index (κ2) is 8.69. The molecule has 0 aromatic heterocycles. The summed E-state index contributed by atoms with van der Waals surface area (Å²) < 4.78 is 32.9. The minimum Gasteiger partial charge on any atom is -0.486 e. The lowest BCUT2D eigenvalue weighted by Gasteiger charge is -2.23. The smallest absolute Gasteiger partial charge is 0.313 e. The second-order valence-electron chi connectivity index (χ2n) is 8.17. The van der Waals surface area contributed by atoms with Gasteiger partial charge in [-0.05, 0) is 51.5 Å². The number of para-hydroxylation sites is 2. The number of nitrogens with one attached hydrogen (secondary N) is 2. The van der Waals surface area contributed by atoms with E-state index in [9.17, 15) is 18.4 Å². The van der Waals surface area contributed by atoms with E-state index in [4.69, 9.17) is 4.74 Å². The molecule has 2 aromatic carbocycles. The minimum absolute atomic E-state index is 0.269. The summed E-state index contributed by atoms with van der Waals surface area (Å²) in [5, 5.41) is 5.24. The molecule has 1 atom stereocenters. The molecule has 0 radical (unpaired) electrons. The molecule has 0 aliphatic carbocycles. The minimum atomic E-state index is -0.814. The Morgan fingerprint density at radius 1 is 1.10 bits per heavy atom. The van der Waals surface area contributed by atoms with Crippen molar-refractivity contribution in [2.75, 3.05) is 23.3 Å². The van der Waals surface area contributed by atoms with Gasteiger partial charge in [0.2, 0.25) is 0 Å². The zero-order valence-electron chi connectivity index (χ0n) is 17.2. The van der Waals surface area contributed by atoms with E-state index >= 15 is 0 Å². The highest BCUT2D eigenvalue weighted by molar-refractivity contribution is 6.39. The van der Waals surface area contributed by atoms with Gasteiger partial charge < -0.3 is 20.3 Å². The molecule has 2 aromatic rings. The molecule has 1 heterocycles. The van der Waals surface area contributed by atoms with Gasteiger partial charge in [-0.2, -0.15) is 0 Å². The number of amides is 2. The van der Waals surface area contributed by atoms with Crippen molar-refractivity contribution < 1.29 is 23.1 Å². The van der Waals surface area contributed by atoms with E-state index in [1.165, 1.54) is 12.1 Å². The fourth-order valence-electron chi connectivity index (χ4n) is 3.25. The van der Waals surface area contributed by atoms with Gasteiger partial charge in [0.25, 0.3) is 0 Å². The molecule has 30 heavy (non-hydrogen) atoms. The van der Waals surface area contributed by atoms with Gasteiger partial charge in [0.1, 0.15) is 23.0 Å². The number of anilines is 2. The number of benzene rings is 2. The van der Waals surface area contributed by atoms with Gasteiger partial charge in [0.15, 0.2) is 0 Å². The third-order valence-corrected chi connectivity index (χ3v) is 4.53. The van der Waals surface area contributed by atoms with Gasteiger partial charge in [0, 0.05) is 25.2 Å². The normalized spacial score (nSPS) is 16.3. The number of carbonyl (C=O) groups is 2. The third kappa shape index (κ3) is 5.46. The number of rotatable bonds is 4. The lowest BCUT2D eigenvalue weighted by Crippen LogP contribution is -2.43. The van der Waals surface area contributed by atoms with E-state index in [-0.39, 0.29) is 11.7 Å². The summed E-state index contributed by atoms with van der Waals surface area (Å²) in [5.41, 5.74) is 0.200. The molecule has 3 rings (SSSR count). The summed E-state index contributed by atoms with van der Waals surface area (Å²) in [6.07, 6.45) is 0.541. The summed E-state index contributed by atoms with van der Waals surface area (Å²) in [5.74, 6) is -2.44. The highest BCUT2D eigenvalue weighted by atomic mass is 19.1. The zero-order chi connectivity index (χ0) is 21.9. The van der Waals surface area contributed by atoms with E-state index in [0.717, 1.165) is 6.07 Å². The van der Waals surface area contributed by atoms with Gasteiger partial charge in [-0.1, -0.05) is 12.1 Å². The van der Waals surface area contributed by atoms with Crippen LogP contribution in [0.15, 0.2) is 42.5 Å². The van der Waals surface area contributed by atoms with Crippen LogP contribution in [-0.4, -0.2) is 36.5 Å². The molecule has 2 amide bonds. The van der Waals surface area contributed by atoms with Crippen molar-refractivity contribution in [1.82, 2.24) is 5.32 Å². The molecule has 6 nitrogen and oxygen atoms in total. The molecule has 1 aliphatic rings. The van der Waals surface area contributed by atoms with E-state index in [2.05, 4.69) is 10.6 Å². The molecule has 1 saturated heterocycles. The van der Waals surface area contributed by atoms with Gasteiger partial charge in [-0.3, -0.25) is 9.59 Å². The lowest BCUT2D eigenvalue weighted by atomic mass is 10.2. The number of hydrogen-bond donors (Lipinski definition) is 2. The van der Waals surface area contributed by atoms with Crippen LogP contribution in [0.5, 0.6) is 5.75 Å². The molecular weight excluding hydrogens is 392 g/mol. The maximum absolute atomic E-state index is 14.0. The fourth-order valence-corrected chi connectivity index (χ4v) is 3.25. The predicted molar refractivity (Wildman–Crippen MR) is 111 cm³/mol. The van der Waals surface area contributed by atoms with Gasteiger partial charge in [-0.15, -0.1) is 0 Å². The highest BCUT2D eigenvalue weighted by Crippen LogP contribution is 2.28. The van der Waals surface area contributed by atoms with Crippen molar-refractivity contribution in [1.29, 1.82) is 0 Å². The maximum Gasteiger partial charge on any atom is 0.313 e. The van der Waals surface area contributed by atoms with Gasteiger partial charge in [-0.25, -0.2) is 8.78 Å². The van der Waals surface area contributed by atoms with Crippen LogP contribution in [0.25, 0.3) is 0 Å². The first-order valence-corrected chi connectivity index (χ1v) is 9.72. The predicted octanol–water partition coefficient (Wildman–Crippen LogP) is 3.48. The van der Waals surface area contributed by atoms with E-state index in [0.29, 0.717) is 30.9 Å². The number of carbonyl (C=O) groups excluding carboxylic acids is 2. The standard InChI is InChI=1S/C22H25F2N3O3/c1-22(2,3)30-19-7-5-4-6-17(19)26-21(29)20(28)25-15-10-11-27(13-15)18-9-8-14(23)12-16(18)24/h4-9,12,15H,10-11,13H2,1-3H3,(H,25,28)(H,26,29). The highest BCUT2D eigenvalue weighted by Gasteiger charge is 2.28. The van der Waals surface area contributed by atoms with E-state index in [1.54, 1.807) is 29.2 Å². The van der Waals surface area contributed by atoms with Crippen molar-refractivity contribution in [3.63, 3.8) is 0 Å². The van der Waals surface area contributed by atoms with Crippen LogP contribution < -0.4 is 20.3 Å². The molecule has 0 saturated carbocycles. The molecule has 160 valence electrons. The Balaban J connectivity index is 1.59. The summed E-state index contributed by atoms with van der Waals surface area (Å²) in [6, 6.07) is 9.93. The quantitative estimate of drug-likeness (QED) is 0.748. The number of ether oxygens (including phenoxy) is 1. The Morgan fingerprint density at radius 3 is 2.53 bits per heavy atom. The first-order valence-electron chi connectivity index (χ1n) is 9.72. The monoisotopic (exact) mass is 417 g/mol. The molecule has 0 bridgehead atoms. The first-order chi connectivity index (χ1) is 14.1. The molecule has 2 N–H and O–H groups in total. The summed E-state index contributed by atoms with van der Waals surface area (Å²) in [6.45, 7) is 6.46. The average Bonchev–Trinajstić information content (AvgIpc) is 3.10. The van der Waals surface area contributed by atoms with Crippen molar-refractivity contribution >= 4 is 23.2 Å². The van der Waals surface area contributed by atoms with Crippen LogP contribution in [0.3, 0.4) is 0 Å². The van der Waals surface area contributed by atoms with Crippen molar-refractivity contribution in [2.24, 2.45) is 0 Å². The molecule has 1 unspecified atom stereocenters. The Labute approximate surface area is 174 Å². The van der Waals surface area contributed by atoms with Crippen molar-refractivity contribution in [3.8, 4) is 5.75 Å². The zero-order valence-corrected chi connectivity index (χ0v) is 17.2. The Morgan fingerprint density at radius 2 is 1.83 bits per heavy atom. The molecule has 8 heteroatoms. The number of hydrogen-bond acceptors (Lipinski definition) is 4. The summed E-state index contributed by atoms with van der Waals surface area (Å²) >= 11 is 0. The Hall–Kier alpha value is -3.16. The lowest BCUT2D eigenvalue weighted by molar-refractivity contribution is -0.136. The maximum atomic E-state index is 14.0. The Bertz CT molecular complexity index is 943. The third-order valence-electron chi connectivity index (χ3n) is 4.53. The Kier molecular flexibility index (Phi) is 6.24. The van der Waals surface area contributed by atoms with Crippen LogP contribution >= 0.6 is 0 Å².